The molecule has 1 aromatic rings. The van der Waals surface area contributed by atoms with E-state index in [-0.39, 0.29) is 5.75 Å². The Morgan fingerprint density at radius 3 is 2.72 bits per heavy atom. The number of aliphatic imine (C=N–C) groups is 1. The lowest BCUT2D eigenvalue weighted by Gasteiger charge is -2.16. The lowest BCUT2D eigenvalue weighted by molar-refractivity contribution is 0.445. The van der Waals surface area contributed by atoms with E-state index in [0.717, 1.165) is 37.6 Å². The summed E-state index contributed by atoms with van der Waals surface area (Å²) in [6, 6.07) is 2.07. The first-order chi connectivity index (χ1) is 11.9. The Labute approximate surface area is 150 Å². The van der Waals surface area contributed by atoms with Crippen molar-refractivity contribution < 1.29 is 8.42 Å². The second kappa shape index (κ2) is 9.19. The highest BCUT2D eigenvalue weighted by Gasteiger charge is 2.27. The molecule has 9 heteroatoms. The molecule has 0 bridgehead atoms. The zero-order chi connectivity index (χ0) is 18.3. The molecule has 142 valence electrons. The minimum Gasteiger partial charge on any atom is -0.357 e. The SMILES string of the molecule is CCNC(=NCCCn1nc(C)cc1C)NCCN1CCCS1(=O)=O. The minimum absolute atomic E-state index is 0.271. The molecule has 0 unspecified atom stereocenters. The van der Waals surface area contributed by atoms with Crippen molar-refractivity contribution in [2.45, 2.75) is 40.2 Å². The van der Waals surface area contributed by atoms with Crippen LogP contribution < -0.4 is 10.6 Å². The van der Waals surface area contributed by atoms with Crippen LogP contribution in [0.1, 0.15) is 31.2 Å². The molecular formula is C16H30N6O2S. The van der Waals surface area contributed by atoms with Crippen LogP contribution in [0.3, 0.4) is 0 Å². The van der Waals surface area contributed by atoms with E-state index >= 15 is 0 Å². The van der Waals surface area contributed by atoms with E-state index in [9.17, 15) is 8.42 Å². The zero-order valence-corrected chi connectivity index (χ0v) is 16.3. The third-order valence-corrected chi connectivity index (χ3v) is 6.06. The molecule has 0 spiro atoms. The van der Waals surface area contributed by atoms with Crippen molar-refractivity contribution >= 4 is 16.0 Å². The number of guanidine groups is 1. The maximum Gasteiger partial charge on any atom is 0.214 e. The Kier molecular flexibility index (Phi) is 7.24. The van der Waals surface area contributed by atoms with Crippen LogP contribution >= 0.6 is 0 Å². The number of hydrogen-bond donors (Lipinski definition) is 2. The summed E-state index contributed by atoms with van der Waals surface area (Å²) < 4.78 is 27.1. The summed E-state index contributed by atoms with van der Waals surface area (Å²) in [6.07, 6.45) is 1.63. The molecule has 2 heterocycles. The van der Waals surface area contributed by atoms with E-state index in [0.29, 0.717) is 26.2 Å². The first kappa shape index (κ1) is 19.7. The molecule has 0 radical (unpaired) electrons. The summed E-state index contributed by atoms with van der Waals surface area (Å²) >= 11 is 0. The van der Waals surface area contributed by atoms with Gasteiger partial charge in [0.05, 0.1) is 11.4 Å². The van der Waals surface area contributed by atoms with Crippen molar-refractivity contribution in [3.63, 3.8) is 0 Å². The van der Waals surface area contributed by atoms with Crippen LogP contribution in [0.15, 0.2) is 11.1 Å². The van der Waals surface area contributed by atoms with Gasteiger partial charge in [-0.25, -0.2) is 12.7 Å². The number of nitrogens with zero attached hydrogens (tertiary/aromatic N) is 4. The number of rotatable bonds is 8. The van der Waals surface area contributed by atoms with E-state index < -0.39 is 10.0 Å². The van der Waals surface area contributed by atoms with E-state index in [2.05, 4.69) is 33.7 Å². The van der Waals surface area contributed by atoms with Crippen molar-refractivity contribution in [3.05, 3.63) is 17.5 Å². The Bertz CT molecular complexity index is 683. The predicted octanol–water partition coefficient (Wildman–Crippen LogP) is 0.481. The molecule has 1 aliphatic heterocycles. The largest absolute Gasteiger partial charge is 0.357 e. The Morgan fingerprint density at radius 2 is 2.12 bits per heavy atom. The third kappa shape index (κ3) is 6.00. The van der Waals surface area contributed by atoms with Crippen molar-refractivity contribution in [1.29, 1.82) is 0 Å². The predicted molar refractivity (Wildman–Crippen MR) is 100 cm³/mol. The van der Waals surface area contributed by atoms with Gasteiger partial charge < -0.3 is 10.6 Å². The monoisotopic (exact) mass is 370 g/mol. The molecule has 2 rings (SSSR count). The van der Waals surface area contributed by atoms with Crippen LogP contribution in [-0.4, -0.2) is 66.9 Å². The van der Waals surface area contributed by atoms with Gasteiger partial charge in [0.15, 0.2) is 5.96 Å². The lowest BCUT2D eigenvalue weighted by Crippen LogP contribution is -2.42. The van der Waals surface area contributed by atoms with E-state index in [1.165, 1.54) is 5.69 Å². The van der Waals surface area contributed by atoms with Gasteiger partial charge in [-0.3, -0.25) is 9.67 Å². The van der Waals surface area contributed by atoms with Gasteiger partial charge in [-0.05, 0) is 39.7 Å². The van der Waals surface area contributed by atoms with Gasteiger partial charge in [-0.1, -0.05) is 0 Å². The molecule has 1 aromatic heterocycles. The Hall–Kier alpha value is -1.61. The van der Waals surface area contributed by atoms with Crippen LogP contribution in [0.5, 0.6) is 0 Å². The van der Waals surface area contributed by atoms with E-state index in [1.54, 1.807) is 4.31 Å². The molecular weight excluding hydrogens is 340 g/mol. The fraction of sp³-hybridized carbons (Fsp3) is 0.750. The third-order valence-electron chi connectivity index (χ3n) is 4.10. The van der Waals surface area contributed by atoms with Crippen LogP contribution in [-0.2, 0) is 16.6 Å². The van der Waals surface area contributed by atoms with Crippen molar-refractivity contribution in [1.82, 2.24) is 24.7 Å². The summed E-state index contributed by atoms with van der Waals surface area (Å²) in [4.78, 5) is 4.55. The highest BCUT2D eigenvalue weighted by molar-refractivity contribution is 7.89. The highest BCUT2D eigenvalue weighted by atomic mass is 32.2. The molecule has 25 heavy (non-hydrogen) atoms. The van der Waals surface area contributed by atoms with Gasteiger partial charge in [0, 0.05) is 45.0 Å². The second-order valence-corrected chi connectivity index (χ2v) is 8.35. The number of aromatic nitrogens is 2. The van der Waals surface area contributed by atoms with Crippen LogP contribution in [0.4, 0.5) is 0 Å². The second-order valence-electron chi connectivity index (χ2n) is 6.26. The maximum absolute atomic E-state index is 11.8. The van der Waals surface area contributed by atoms with Gasteiger partial charge in [0.25, 0.3) is 0 Å². The van der Waals surface area contributed by atoms with Crippen LogP contribution in [0.25, 0.3) is 0 Å². The Balaban J connectivity index is 1.75. The number of hydrogen-bond acceptors (Lipinski definition) is 4. The molecule has 0 amide bonds. The molecule has 0 saturated carbocycles. The average Bonchev–Trinajstić information content (AvgIpc) is 3.04. The van der Waals surface area contributed by atoms with Gasteiger partial charge in [-0.15, -0.1) is 0 Å². The number of sulfonamides is 1. The van der Waals surface area contributed by atoms with Crippen molar-refractivity contribution in [2.24, 2.45) is 4.99 Å². The molecule has 8 nitrogen and oxygen atoms in total. The normalized spacial score (nSPS) is 17.8. The smallest absolute Gasteiger partial charge is 0.214 e. The molecule has 1 fully saturated rings. The fourth-order valence-corrected chi connectivity index (χ4v) is 4.42. The average molecular weight is 371 g/mol. The van der Waals surface area contributed by atoms with Gasteiger partial charge in [-0.2, -0.15) is 5.10 Å². The molecule has 0 aromatic carbocycles. The van der Waals surface area contributed by atoms with Crippen LogP contribution in [0, 0.1) is 13.8 Å². The summed E-state index contributed by atoms with van der Waals surface area (Å²) in [5.74, 6) is 1.00. The van der Waals surface area contributed by atoms with E-state index in [4.69, 9.17) is 0 Å². The zero-order valence-electron chi connectivity index (χ0n) is 15.5. The topological polar surface area (TPSA) is 91.6 Å². The highest BCUT2D eigenvalue weighted by Crippen LogP contribution is 2.11. The number of aryl methyl sites for hydroxylation is 3. The molecule has 0 atom stereocenters. The summed E-state index contributed by atoms with van der Waals surface area (Å²) in [6.45, 7) is 10.0. The first-order valence-electron chi connectivity index (χ1n) is 8.93. The van der Waals surface area contributed by atoms with E-state index in [1.807, 2.05) is 18.5 Å². The van der Waals surface area contributed by atoms with Gasteiger partial charge in [0.1, 0.15) is 0 Å². The summed E-state index contributed by atoms with van der Waals surface area (Å²) in [7, 11) is -3.03. The first-order valence-corrected chi connectivity index (χ1v) is 10.5. The number of nitrogens with one attached hydrogen (secondary N) is 2. The fourth-order valence-electron chi connectivity index (χ4n) is 2.90. The van der Waals surface area contributed by atoms with Crippen molar-refractivity contribution in [3.8, 4) is 0 Å². The van der Waals surface area contributed by atoms with Crippen molar-refractivity contribution in [2.75, 3.05) is 38.5 Å². The van der Waals surface area contributed by atoms with Crippen LogP contribution in [0.2, 0.25) is 0 Å². The quantitative estimate of drug-likeness (QED) is 0.395. The summed E-state index contributed by atoms with van der Waals surface area (Å²) in [5, 5.41) is 10.8. The molecule has 1 saturated heterocycles. The Morgan fingerprint density at radius 1 is 1.32 bits per heavy atom. The summed E-state index contributed by atoms with van der Waals surface area (Å²) in [5.41, 5.74) is 2.20. The lowest BCUT2D eigenvalue weighted by atomic mass is 10.4. The standard InChI is InChI=1S/C16H30N6O2S/c1-4-17-16(19-8-11-21-9-6-12-25(21,23)24)18-7-5-10-22-15(3)13-14(2)20-22/h13H,4-12H2,1-3H3,(H2,17,18,19). The maximum atomic E-state index is 11.8. The van der Waals surface area contributed by atoms with Gasteiger partial charge >= 0.3 is 0 Å². The molecule has 2 N–H and O–H groups in total. The molecule has 0 aliphatic carbocycles. The molecule has 1 aliphatic rings. The van der Waals surface area contributed by atoms with Gasteiger partial charge in [0.2, 0.25) is 10.0 Å². The minimum atomic E-state index is -3.03.